The normalized spacial score (nSPS) is 13.1. The summed E-state index contributed by atoms with van der Waals surface area (Å²) < 4.78 is 4.07. The third-order valence-electron chi connectivity index (χ3n) is 5.88. The molecule has 3 aromatic heterocycles. The summed E-state index contributed by atoms with van der Waals surface area (Å²) in [4.78, 5) is 22.4. The number of imidazole rings is 1. The zero-order valence-corrected chi connectivity index (χ0v) is 17.0. The fourth-order valence-corrected chi connectivity index (χ4v) is 4.31. The average Bonchev–Trinajstić information content (AvgIpc) is 3.56. The van der Waals surface area contributed by atoms with Gasteiger partial charge in [-0.2, -0.15) is 5.10 Å². The van der Waals surface area contributed by atoms with Crippen molar-refractivity contribution >= 4 is 16.9 Å². The lowest BCUT2D eigenvalue weighted by Gasteiger charge is -2.18. The number of aromatic amines is 1. The number of amides is 1. The van der Waals surface area contributed by atoms with Gasteiger partial charge in [0.05, 0.1) is 41.8 Å². The average molecular weight is 408 g/mol. The molecule has 1 amide bonds. The molecule has 1 aliphatic heterocycles. The van der Waals surface area contributed by atoms with Crippen LogP contribution >= 0.6 is 0 Å². The lowest BCUT2D eigenvalue weighted by atomic mass is 10.1. The van der Waals surface area contributed by atoms with E-state index >= 15 is 0 Å². The van der Waals surface area contributed by atoms with Crippen molar-refractivity contribution in [2.24, 2.45) is 0 Å². The molecule has 0 radical (unpaired) electrons. The molecule has 0 atom stereocenters. The first-order chi connectivity index (χ1) is 15.2. The molecule has 0 saturated heterocycles. The van der Waals surface area contributed by atoms with Gasteiger partial charge in [-0.1, -0.05) is 18.2 Å². The molecule has 0 unspecified atom stereocenters. The summed E-state index contributed by atoms with van der Waals surface area (Å²) in [5.41, 5.74) is 6.57. The Kier molecular flexibility index (Phi) is 3.83. The third-order valence-corrected chi connectivity index (χ3v) is 5.88. The second-order valence-corrected chi connectivity index (χ2v) is 7.83. The highest BCUT2D eigenvalue weighted by Crippen LogP contribution is 2.32. The molecule has 0 spiro atoms. The molecular weight excluding hydrogens is 388 g/mol. The van der Waals surface area contributed by atoms with Crippen LogP contribution in [0.4, 0.5) is 0 Å². The van der Waals surface area contributed by atoms with E-state index in [1.807, 2.05) is 64.4 Å². The van der Waals surface area contributed by atoms with Crippen molar-refractivity contribution in [3.05, 3.63) is 95.7 Å². The largest absolute Gasteiger partial charge is 0.345 e. The van der Waals surface area contributed by atoms with Crippen molar-refractivity contribution in [3.63, 3.8) is 0 Å². The maximum absolute atomic E-state index is 13.2. The van der Waals surface area contributed by atoms with Crippen molar-refractivity contribution in [3.8, 4) is 11.5 Å². The molecule has 6 rings (SSSR count). The van der Waals surface area contributed by atoms with Gasteiger partial charge in [0.1, 0.15) is 5.82 Å². The summed E-state index contributed by atoms with van der Waals surface area (Å²) in [5.74, 6) is 0.976. The summed E-state index contributed by atoms with van der Waals surface area (Å²) >= 11 is 0. The Hall–Kier alpha value is -4.13. The van der Waals surface area contributed by atoms with Crippen LogP contribution in [0, 0.1) is 6.92 Å². The Morgan fingerprint density at radius 2 is 1.87 bits per heavy atom. The van der Waals surface area contributed by atoms with E-state index in [4.69, 9.17) is 5.10 Å². The van der Waals surface area contributed by atoms with Crippen LogP contribution in [0.3, 0.4) is 0 Å². The summed E-state index contributed by atoms with van der Waals surface area (Å²) in [7, 11) is 0. The van der Waals surface area contributed by atoms with Crippen molar-refractivity contribution in [2.75, 3.05) is 0 Å². The van der Waals surface area contributed by atoms with Gasteiger partial charge in [0.15, 0.2) is 0 Å². The molecule has 0 fully saturated rings. The Morgan fingerprint density at radius 3 is 2.71 bits per heavy atom. The molecule has 7 heteroatoms. The highest BCUT2D eigenvalue weighted by Gasteiger charge is 2.32. The number of H-pyrrole nitrogens is 1. The fourth-order valence-electron chi connectivity index (χ4n) is 4.31. The van der Waals surface area contributed by atoms with Gasteiger partial charge in [0, 0.05) is 23.5 Å². The molecule has 0 aliphatic carbocycles. The predicted molar refractivity (Wildman–Crippen MR) is 117 cm³/mol. The summed E-state index contributed by atoms with van der Waals surface area (Å²) in [6.07, 6.45) is 5.67. The summed E-state index contributed by atoms with van der Waals surface area (Å²) in [6, 6.07) is 17.8. The number of carbonyl (C=O) groups excluding carboxylic acids is 1. The molecule has 2 aromatic carbocycles. The van der Waals surface area contributed by atoms with Crippen LogP contribution < -0.4 is 0 Å². The van der Waals surface area contributed by atoms with E-state index in [2.05, 4.69) is 33.6 Å². The van der Waals surface area contributed by atoms with Crippen molar-refractivity contribution in [2.45, 2.75) is 20.0 Å². The number of hydrogen-bond acceptors (Lipinski definition) is 3. The standard InChI is InChI=1S/C24H20N6O/c1-16-6-2-3-7-22(16)30-23(28-10-4-5-11-28)18-13-29(14-21(18)27-30)24(31)17-8-9-19-20(12-17)26-15-25-19/h2-12,15H,13-14H2,1H3,(H,25,26). The van der Waals surface area contributed by atoms with Crippen LogP contribution in [0.5, 0.6) is 0 Å². The molecule has 0 bridgehead atoms. The fraction of sp³-hybridized carbons (Fsp3) is 0.125. The van der Waals surface area contributed by atoms with Gasteiger partial charge in [-0.05, 0) is 48.9 Å². The minimum absolute atomic E-state index is 0.00426. The number of nitrogens with one attached hydrogen (secondary N) is 1. The highest BCUT2D eigenvalue weighted by molar-refractivity contribution is 5.97. The van der Waals surface area contributed by atoms with Gasteiger partial charge in [0.25, 0.3) is 5.91 Å². The second kappa shape index (κ2) is 6.70. The second-order valence-electron chi connectivity index (χ2n) is 7.83. The predicted octanol–water partition coefficient (Wildman–Crippen LogP) is 4.00. The summed E-state index contributed by atoms with van der Waals surface area (Å²) in [6.45, 7) is 3.10. The van der Waals surface area contributed by atoms with Gasteiger partial charge >= 0.3 is 0 Å². The topological polar surface area (TPSA) is 71.7 Å². The number of nitrogens with zero attached hydrogens (tertiary/aromatic N) is 5. The molecule has 152 valence electrons. The smallest absolute Gasteiger partial charge is 0.254 e. The van der Waals surface area contributed by atoms with E-state index in [0.717, 1.165) is 39.4 Å². The molecule has 31 heavy (non-hydrogen) atoms. The number of carbonyl (C=O) groups is 1. The molecule has 7 nitrogen and oxygen atoms in total. The highest BCUT2D eigenvalue weighted by atomic mass is 16.2. The van der Waals surface area contributed by atoms with Crippen LogP contribution in [0.2, 0.25) is 0 Å². The van der Waals surface area contributed by atoms with Crippen LogP contribution in [-0.4, -0.2) is 35.1 Å². The summed E-state index contributed by atoms with van der Waals surface area (Å²) in [5, 5.41) is 4.93. The molecule has 5 aromatic rings. The van der Waals surface area contributed by atoms with Crippen LogP contribution in [0.1, 0.15) is 27.2 Å². The SMILES string of the molecule is Cc1ccccc1-n1nc2c(c1-n1cccc1)CN(C(=O)c1ccc3nc[nH]c3c1)C2. The monoisotopic (exact) mass is 408 g/mol. The van der Waals surface area contributed by atoms with E-state index in [0.29, 0.717) is 18.7 Å². The maximum atomic E-state index is 13.2. The van der Waals surface area contributed by atoms with Crippen molar-refractivity contribution < 1.29 is 4.79 Å². The van der Waals surface area contributed by atoms with E-state index in [-0.39, 0.29) is 5.91 Å². The number of rotatable bonds is 3. The number of hydrogen-bond donors (Lipinski definition) is 1. The Bertz CT molecular complexity index is 1430. The number of aromatic nitrogens is 5. The van der Waals surface area contributed by atoms with Crippen molar-refractivity contribution in [1.29, 1.82) is 0 Å². The van der Waals surface area contributed by atoms with Crippen molar-refractivity contribution in [1.82, 2.24) is 29.2 Å². The lowest BCUT2D eigenvalue weighted by molar-refractivity contribution is 0.0749. The van der Waals surface area contributed by atoms with Gasteiger partial charge in [-0.15, -0.1) is 0 Å². The number of benzene rings is 2. The van der Waals surface area contributed by atoms with Crippen LogP contribution in [0.15, 0.2) is 73.3 Å². The van der Waals surface area contributed by atoms with Gasteiger partial charge in [-0.25, -0.2) is 9.67 Å². The Morgan fingerprint density at radius 1 is 1.03 bits per heavy atom. The number of para-hydroxylation sites is 1. The van der Waals surface area contributed by atoms with E-state index < -0.39 is 0 Å². The first-order valence-electron chi connectivity index (χ1n) is 10.2. The zero-order valence-electron chi connectivity index (χ0n) is 17.0. The van der Waals surface area contributed by atoms with E-state index in [9.17, 15) is 4.79 Å². The van der Waals surface area contributed by atoms with E-state index in [1.165, 1.54) is 0 Å². The van der Waals surface area contributed by atoms with Gasteiger partial charge in [0.2, 0.25) is 0 Å². The van der Waals surface area contributed by atoms with Gasteiger partial charge < -0.3 is 14.5 Å². The first-order valence-corrected chi connectivity index (χ1v) is 10.2. The van der Waals surface area contributed by atoms with E-state index in [1.54, 1.807) is 6.33 Å². The minimum atomic E-state index is -0.00426. The molecule has 1 aliphatic rings. The van der Waals surface area contributed by atoms with Gasteiger partial charge in [-0.3, -0.25) is 4.79 Å². The van der Waals surface area contributed by atoms with Crippen LogP contribution in [0.25, 0.3) is 22.5 Å². The number of fused-ring (bicyclic) bond motifs is 2. The lowest BCUT2D eigenvalue weighted by Crippen LogP contribution is -2.26. The number of aryl methyl sites for hydroxylation is 1. The Balaban J connectivity index is 1.40. The molecular formula is C24H20N6O. The zero-order chi connectivity index (χ0) is 20.9. The molecule has 1 N–H and O–H groups in total. The van der Waals surface area contributed by atoms with Crippen LogP contribution in [-0.2, 0) is 13.1 Å². The third kappa shape index (κ3) is 2.78. The Labute approximate surface area is 178 Å². The quantitative estimate of drug-likeness (QED) is 0.490. The molecule has 4 heterocycles. The maximum Gasteiger partial charge on any atom is 0.254 e. The minimum Gasteiger partial charge on any atom is -0.345 e. The molecule has 0 saturated carbocycles. The first kappa shape index (κ1) is 17.7.